The molecule has 1 aromatic carbocycles. The molecule has 0 fully saturated rings. The van der Waals surface area contributed by atoms with Crippen molar-refractivity contribution >= 4 is 5.91 Å². The SMILES string of the molecule is C[C@@](O)(C#Cc1cc2c(cc1F)OCCn1cc(C(N)=O)nc1-2)c1cncnc1. The predicted octanol–water partition coefficient (Wildman–Crippen LogP) is 1.23. The van der Waals surface area contributed by atoms with Crippen molar-refractivity contribution in [3.8, 4) is 29.0 Å². The van der Waals surface area contributed by atoms with E-state index in [4.69, 9.17) is 10.5 Å². The fraction of sp³-hybridized carbons (Fsp3) is 0.200. The van der Waals surface area contributed by atoms with E-state index in [9.17, 15) is 14.3 Å². The minimum absolute atomic E-state index is 0.0431. The van der Waals surface area contributed by atoms with Crippen molar-refractivity contribution in [1.82, 2.24) is 19.5 Å². The first-order valence-electron chi connectivity index (χ1n) is 8.70. The van der Waals surface area contributed by atoms with Gasteiger partial charge in [0.05, 0.1) is 17.7 Å². The summed E-state index contributed by atoms with van der Waals surface area (Å²) < 4.78 is 21.9. The van der Waals surface area contributed by atoms with Crippen molar-refractivity contribution in [2.75, 3.05) is 6.61 Å². The standard InChI is InChI=1S/C20H16FN5O3/c1-20(28,13-8-23-11-24-9-13)3-2-12-6-14-17(7-15(12)21)29-5-4-26-10-16(18(22)27)25-19(14)26/h6-11,28H,4-5H2,1H3,(H2,22,27)/t20-/m1/s1. The zero-order chi connectivity index (χ0) is 20.6. The second-order valence-electron chi connectivity index (χ2n) is 6.63. The van der Waals surface area contributed by atoms with Gasteiger partial charge in [-0.3, -0.25) is 4.79 Å². The summed E-state index contributed by atoms with van der Waals surface area (Å²) in [6.07, 6.45) is 5.74. The smallest absolute Gasteiger partial charge is 0.268 e. The molecule has 146 valence electrons. The maximum absolute atomic E-state index is 14.6. The summed E-state index contributed by atoms with van der Waals surface area (Å²) in [7, 11) is 0. The number of rotatable bonds is 2. The van der Waals surface area contributed by atoms with E-state index >= 15 is 0 Å². The number of hydrogen-bond acceptors (Lipinski definition) is 6. The minimum atomic E-state index is -1.57. The van der Waals surface area contributed by atoms with Gasteiger partial charge in [-0.05, 0) is 13.0 Å². The Bertz CT molecular complexity index is 1160. The molecular formula is C20H16FN5O3. The van der Waals surface area contributed by atoms with Gasteiger partial charge in [0, 0.05) is 30.2 Å². The summed E-state index contributed by atoms with van der Waals surface area (Å²) in [4.78, 5) is 23.4. The Kier molecular flexibility index (Phi) is 4.48. The third kappa shape index (κ3) is 3.53. The number of halogens is 1. The molecule has 0 aliphatic carbocycles. The Labute approximate surface area is 165 Å². The van der Waals surface area contributed by atoms with Crippen LogP contribution in [-0.4, -0.2) is 37.1 Å². The highest BCUT2D eigenvalue weighted by Crippen LogP contribution is 2.34. The van der Waals surface area contributed by atoms with Gasteiger partial charge in [-0.2, -0.15) is 0 Å². The van der Waals surface area contributed by atoms with Crippen LogP contribution in [0.15, 0.2) is 37.1 Å². The van der Waals surface area contributed by atoms with Crippen LogP contribution >= 0.6 is 0 Å². The van der Waals surface area contributed by atoms with Gasteiger partial charge in [0.15, 0.2) is 5.60 Å². The summed E-state index contributed by atoms with van der Waals surface area (Å²) >= 11 is 0. The number of benzene rings is 1. The second kappa shape index (κ2) is 7.00. The van der Waals surface area contributed by atoms with E-state index in [0.717, 1.165) is 0 Å². The first-order valence-corrected chi connectivity index (χ1v) is 8.70. The Morgan fingerprint density at radius 3 is 2.86 bits per heavy atom. The molecule has 1 aliphatic heterocycles. The molecule has 2 aromatic heterocycles. The van der Waals surface area contributed by atoms with Crippen LogP contribution in [0.4, 0.5) is 4.39 Å². The second-order valence-corrected chi connectivity index (χ2v) is 6.63. The van der Waals surface area contributed by atoms with Gasteiger partial charge in [0.1, 0.15) is 36.0 Å². The average Bonchev–Trinajstić information content (AvgIpc) is 3.05. The van der Waals surface area contributed by atoms with E-state index in [1.54, 1.807) is 4.57 Å². The number of carbonyl (C=O) groups is 1. The monoisotopic (exact) mass is 393 g/mol. The van der Waals surface area contributed by atoms with Crippen molar-refractivity contribution in [2.24, 2.45) is 5.73 Å². The molecule has 0 saturated carbocycles. The number of imidazole rings is 1. The zero-order valence-corrected chi connectivity index (χ0v) is 15.4. The van der Waals surface area contributed by atoms with Gasteiger partial charge < -0.3 is 20.1 Å². The lowest BCUT2D eigenvalue weighted by atomic mass is 9.99. The van der Waals surface area contributed by atoms with Crippen molar-refractivity contribution in [1.29, 1.82) is 0 Å². The van der Waals surface area contributed by atoms with E-state index in [2.05, 4.69) is 26.8 Å². The molecule has 9 heteroatoms. The van der Waals surface area contributed by atoms with Crippen LogP contribution < -0.4 is 10.5 Å². The number of fused-ring (bicyclic) bond motifs is 3. The van der Waals surface area contributed by atoms with Crippen LogP contribution in [0.3, 0.4) is 0 Å². The molecule has 4 rings (SSSR count). The zero-order valence-electron chi connectivity index (χ0n) is 15.4. The van der Waals surface area contributed by atoms with Crippen LogP contribution in [0.5, 0.6) is 5.75 Å². The quantitative estimate of drug-likeness (QED) is 0.633. The Morgan fingerprint density at radius 2 is 2.14 bits per heavy atom. The average molecular weight is 393 g/mol. The van der Waals surface area contributed by atoms with E-state index < -0.39 is 17.3 Å². The molecular weight excluding hydrogens is 377 g/mol. The van der Waals surface area contributed by atoms with E-state index in [-0.39, 0.29) is 23.6 Å². The maximum Gasteiger partial charge on any atom is 0.268 e. The Balaban J connectivity index is 1.79. The molecule has 8 nitrogen and oxygen atoms in total. The molecule has 0 unspecified atom stereocenters. The highest BCUT2D eigenvalue weighted by Gasteiger charge is 2.23. The largest absolute Gasteiger partial charge is 0.491 e. The lowest BCUT2D eigenvalue weighted by molar-refractivity contribution is 0.0995. The number of hydrogen-bond donors (Lipinski definition) is 2. The van der Waals surface area contributed by atoms with Crippen LogP contribution in [0, 0.1) is 17.7 Å². The third-order valence-corrected chi connectivity index (χ3v) is 4.49. The molecule has 3 aromatic rings. The van der Waals surface area contributed by atoms with Crippen LogP contribution in [0.2, 0.25) is 0 Å². The number of ether oxygens (including phenoxy) is 1. The van der Waals surface area contributed by atoms with E-state index in [0.29, 0.717) is 23.5 Å². The summed E-state index contributed by atoms with van der Waals surface area (Å²) in [6.45, 7) is 2.17. The summed E-state index contributed by atoms with van der Waals surface area (Å²) in [6, 6.07) is 2.69. The lowest BCUT2D eigenvalue weighted by Gasteiger charge is -2.15. The maximum atomic E-state index is 14.6. The summed E-state index contributed by atoms with van der Waals surface area (Å²) in [5, 5.41) is 10.6. The van der Waals surface area contributed by atoms with Gasteiger partial charge in [-0.1, -0.05) is 11.8 Å². The predicted molar refractivity (Wildman–Crippen MR) is 100 cm³/mol. The van der Waals surface area contributed by atoms with Gasteiger partial charge in [-0.25, -0.2) is 19.3 Å². The number of aromatic nitrogens is 4. The number of nitrogens with zero attached hydrogens (tertiary/aromatic N) is 4. The number of nitrogens with two attached hydrogens (primary N) is 1. The molecule has 0 spiro atoms. The molecule has 1 atom stereocenters. The van der Waals surface area contributed by atoms with Crippen LogP contribution in [0.1, 0.15) is 28.5 Å². The van der Waals surface area contributed by atoms with Crippen molar-refractivity contribution in [3.63, 3.8) is 0 Å². The highest BCUT2D eigenvalue weighted by molar-refractivity contribution is 5.91. The third-order valence-electron chi connectivity index (χ3n) is 4.49. The molecule has 3 heterocycles. The fourth-order valence-corrected chi connectivity index (χ4v) is 2.93. The van der Waals surface area contributed by atoms with Crippen molar-refractivity contribution < 1.29 is 19.0 Å². The lowest BCUT2D eigenvalue weighted by Crippen LogP contribution is -2.19. The molecule has 0 radical (unpaired) electrons. The molecule has 0 bridgehead atoms. The van der Waals surface area contributed by atoms with E-state index in [1.165, 1.54) is 44.0 Å². The Morgan fingerprint density at radius 1 is 1.38 bits per heavy atom. The summed E-state index contributed by atoms with van der Waals surface area (Å²) in [5.74, 6) is 4.77. The van der Waals surface area contributed by atoms with Crippen molar-refractivity contribution in [3.05, 3.63) is 59.7 Å². The molecule has 3 N–H and O–H groups in total. The van der Waals surface area contributed by atoms with Gasteiger partial charge in [-0.15, -0.1) is 0 Å². The summed E-state index contributed by atoms with van der Waals surface area (Å²) in [5.41, 5.74) is 4.76. The number of carbonyl (C=O) groups excluding carboxylic acids is 1. The number of primary amides is 1. The Hall–Kier alpha value is -3.77. The highest BCUT2D eigenvalue weighted by atomic mass is 19.1. The first kappa shape index (κ1) is 18.6. The van der Waals surface area contributed by atoms with E-state index in [1.807, 2.05) is 0 Å². The van der Waals surface area contributed by atoms with Crippen LogP contribution in [-0.2, 0) is 12.1 Å². The molecule has 1 amide bonds. The van der Waals surface area contributed by atoms with Gasteiger partial charge >= 0.3 is 0 Å². The van der Waals surface area contributed by atoms with Crippen molar-refractivity contribution in [2.45, 2.75) is 19.1 Å². The number of amides is 1. The van der Waals surface area contributed by atoms with Gasteiger partial charge in [0.25, 0.3) is 5.91 Å². The normalized spacial score (nSPS) is 14.3. The topological polar surface area (TPSA) is 116 Å². The fourth-order valence-electron chi connectivity index (χ4n) is 2.93. The first-order chi connectivity index (χ1) is 13.8. The van der Waals surface area contributed by atoms with Gasteiger partial charge in [0.2, 0.25) is 0 Å². The molecule has 0 saturated heterocycles. The number of aliphatic hydroxyl groups is 1. The van der Waals surface area contributed by atoms with Crippen LogP contribution in [0.25, 0.3) is 11.4 Å². The molecule has 29 heavy (non-hydrogen) atoms. The minimum Gasteiger partial charge on any atom is -0.491 e. The molecule has 1 aliphatic rings.